The summed E-state index contributed by atoms with van der Waals surface area (Å²) in [4.78, 5) is 5.32. The van der Waals surface area contributed by atoms with Crippen LogP contribution >= 0.6 is 11.3 Å². The Bertz CT molecular complexity index is 514. The average Bonchev–Trinajstić information content (AvgIpc) is 2.90. The molecule has 0 bridgehead atoms. The van der Waals surface area contributed by atoms with Crippen LogP contribution in [0.3, 0.4) is 0 Å². The maximum absolute atomic E-state index is 8.98. The third kappa shape index (κ3) is 2.63. The summed E-state index contributed by atoms with van der Waals surface area (Å²) in [6, 6.07) is 10.2. The van der Waals surface area contributed by atoms with E-state index in [1.165, 1.54) is 4.88 Å². The summed E-state index contributed by atoms with van der Waals surface area (Å²) in [7, 11) is 0. The van der Waals surface area contributed by atoms with Gasteiger partial charge in [-0.1, -0.05) is 13.0 Å². The fraction of sp³-hybridized carbons (Fsp3) is 0.231. The maximum Gasteiger partial charge on any atom is 0.163 e. The minimum absolute atomic E-state index is 0.242. The summed E-state index contributed by atoms with van der Waals surface area (Å²) in [5.41, 5.74) is 1.25. The molecular weight excluding hydrogens is 230 g/mol. The number of nitrogens with one attached hydrogen (secondary N) is 1. The second-order valence-corrected chi connectivity index (χ2v) is 4.61. The van der Waals surface area contributed by atoms with E-state index in [2.05, 4.69) is 34.7 Å². The van der Waals surface area contributed by atoms with E-state index in [0.717, 1.165) is 12.1 Å². The lowest BCUT2D eigenvalue weighted by molar-refractivity contribution is 0.762. The Morgan fingerprint density at radius 3 is 3.00 bits per heavy atom. The lowest BCUT2D eigenvalue weighted by atomic mass is 10.1. The molecular formula is C13H13N3S. The van der Waals surface area contributed by atoms with E-state index < -0.39 is 0 Å². The summed E-state index contributed by atoms with van der Waals surface area (Å²) in [6.07, 6.45) is 2.61. The van der Waals surface area contributed by atoms with Gasteiger partial charge < -0.3 is 5.32 Å². The zero-order valence-corrected chi connectivity index (χ0v) is 10.4. The zero-order valence-electron chi connectivity index (χ0n) is 9.55. The van der Waals surface area contributed by atoms with Gasteiger partial charge in [-0.25, -0.2) is 4.98 Å². The van der Waals surface area contributed by atoms with E-state index in [1.807, 2.05) is 18.2 Å². The number of aromatic nitrogens is 1. The zero-order chi connectivity index (χ0) is 12.1. The second kappa shape index (κ2) is 5.46. The van der Waals surface area contributed by atoms with Crippen LogP contribution in [0.5, 0.6) is 0 Å². The summed E-state index contributed by atoms with van der Waals surface area (Å²) in [5, 5.41) is 14.4. The largest absolute Gasteiger partial charge is 0.375 e. The Kier molecular flexibility index (Phi) is 3.73. The van der Waals surface area contributed by atoms with Gasteiger partial charge in [0, 0.05) is 11.1 Å². The molecule has 0 spiro atoms. The standard InChI is InChI=1S/C13H13N3S/c1-2-10(13-6-4-8-17-13)16-11-5-3-7-15-12(11)9-14/h3-8,10,16H,2H2,1H3. The van der Waals surface area contributed by atoms with Crippen LogP contribution in [0.4, 0.5) is 5.69 Å². The van der Waals surface area contributed by atoms with Crippen molar-refractivity contribution >= 4 is 17.0 Å². The summed E-state index contributed by atoms with van der Waals surface area (Å²) in [6.45, 7) is 2.12. The van der Waals surface area contributed by atoms with Crippen molar-refractivity contribution < 1.29 is 0 Å². The first kappa shape index (κ1) is 11.6. The number of nitriles is 1. The molecule has 0 aliphatic rings. The van der Waals surface area contributed by atoms with Gasteiger partial charge >= 0.3 is 0 Å². The van der Waals surface area contributed by atoms with E-state index in [0.29, 0.717) is 5.69 Å². The number of pyridine rings is 1. The van der Waals surface area contributed by atoms with Gasteiger partial charge in [-0.3, -0.25) is 0 Å². The number of rotatable bonds is 4. The highest BCUT2D eigenvalue weighted by Gasteiger charge is 2.12. The molecule has 4 heteroatoms. The predicted octanol–water partition coefficient (Wildman–Crippen LogP) is 3.58. The van der Waals surface area contributed by atoms with Crippen LogP contribution in [-0.4, -0.2) is 4.98 Å². The smallest absolute Gasteiger partial charge is 0.163 e. The van der Waals surface area contributed by atoms with Crippen LogP contribution in [0.1, 0.15) is 30.0 Å². The molecule has 0 fully saturated rings. The minimum atomic E-state index is 0.242. The lowest BCUT2D eigenvalue weighted by Gasteiger charge is -2.17. The van der Waals surface area contributed by atoms with Gasteiger partial charge in [0.25, 0.3) is 0 Å². The van der Waals surface area contributed by atoms with Crippen molar-refractivity contribution in [3.8, 4) is 6.07 Å². The van der Waals surface area contributed by atoms with Gasteiger partial charge in [0.05, 0.1) is 11.7 Å². The molecule has 2 heterocycles. The number of hydrogen-bond donors (Lipinski definition) is 1. The molecule has 86 valence electrons. The SMILES string of the molecule is CCC(Nc1cccnc1C#N)c1cccs1. The fourth-order valence-electron chi connectivity index (χ4n) is 1.66. The van der Waals surface area contributed by atoms with Gasteiger partial charge in [-0.05, 0) is 30.0 Å². The lowest BCUT2D eigenvalue weighted by Crippen LogP contribution is -2.09. The topological polar surface area (TPSA) is 48.7 Å². The molecule has 1 N–H and O–H groups in total. The van der Waals surface area contributed by atoms with Gasteiger partial charge in [0.15, 0.2) is 5.69 Å². The molecule has 0 amide bonds. The maximum atomic E-state index is 8.98. The highest BCUT2D eigenvalue weighted by molar-refractivity contribution is 7.10. The molecule has 0 aliphatic heterocycles. The van der Waals surface area contributed by atoms with E-state index in [1.54, 1.807) is 17.5 Å². The number of nitrogens with zero attached hydrogens (tertiary/aromatic N) is 2. The molecule has 2 aromatic heterocycles. The van der Waals surface area contributed by atoms with Gasteiger partial charge in [0.2, 0.25) is 0 Å². The monoisotopic (exact) mass is 243 g/mol. The molecule has 17 heavy (non-hydrogen) atoms. The summed E-state index contributed by atoms with van der Waals surface area (Å²) < 4.78 is 0. The average molecular weight is 243 g/mol. The molecule has 0 radical (unpaired) electrons. The first-order valence-electron chi connectivity index (χ1n) is 5.50. The number of hydrogen-bond acceptors (Lipinski definition) is 4. The van der Waals surface area contributed by atoms with Crippen molar-refractivity contribution in [1.29, 1.82) is 5.26 Å². The third-order valence-corrected chi connectivity index (χ3v) is 3.52. The molecule has 0 saturated heterocycles. The van der Waals surface area contributed by atoms with Crippen molar-refractivity contribution in [3.63, 3.8) is 0 Å². The molecule has 3 nitrogen and oxygen atoms in total. The van der Waals surface area contributed by atoms with Crippen LogP contribution in [0.25, 0.3) is 0 Å². The Labute approximate surface area is 105 Å². The van der Waals surface area contributed by atoms with Gasteiger partial charge in [-0.15, -0.1) is 11.3 Å². The molecule has 1 atom stereocenters. The Morgan fingerprint density at radius 1 is 1.47 bits per heavy atom. The van der Waals surface area contributed by atoms with Crippen LogP contribution < -0.4 is 5.32 Å². The molecule has 1 unspecified atom stereocenters. The van der Waals surface area contributed by atoms with Gasteiger partial charge in [-0.2, -0.15) is 5.26 Å². The first-order valence-corrected chi connectivity index (χ1v) is 6.38. The minimum Gasteiger partial charge on any atom is -0.375 e. The molecule has 0 aromatic carbocycles. The van der Waals surface area contributed by atoms with Crippen molar-refractivity contribution in [2.45, 2.75) is 19.4 Å². The normalized spacial score (nSPS) is 11.8. The highest BCUT2D eigenvalue weighted by atomic mass is 32.1. The molecule has 0 saturated carbocycles. The number of anilines is 1. The van der Waals surface area contributed by atoms with Crippen molar-refractivity contribution in [2.75, 3.05) is 5.32 Å². The predicted molar refractivity (Wildman–Crippen MR) is 69.9 cm³/mol. The number of thiophene rings is 1. The highest BCUT2D eigenvalue weighted by Crippen LogP contribution is 2.26. The second-order valence-electron chi connectivity index (χ2n) is 3.63. The van der Waals surface area contributed by atoms with E-state index in [4.69, 9.17) is 5.26 Å². The quantitative estimate of drug-likeness (QED) is 0.892. The Balaban J connectivity index is 2.22. The van der Waals surface area contributed by atoms with Crippen LogP contribution in [0, 0.1) is 11.3 Å². The van der Waals surface area contributed by atoms with Crippen molar-refractivity contribution in [2.24, 2.45) is 0 Å². The van der Waals surface area contributed by atoms with Crippen LogP contribution in [0.15, 0.2) is 35.8 Å². The van der Waals surface area contributed by atoms with E-state index in [-0.39, 0.29) is 6.04 Å². The first-order chi connectivity index (χ1) is 8.35. The fourth-order valence-corrected chi connectivity index (χ4v) is 2.52. The summed E-state index contributed by atoms with van der Waals surface area (Å²) >= 11 is 1.72. The van der Waals surface area contributed by atoms with E-state index in [9.17, 15) is 0 Å². The molecule has 0 aliphatic carbocycles. The van der Waals surface area contributed by atoms with Crippen LogP contribution in [0.2, 0.25) is 0 Å². The Morgan fingerprint density at radius 2 is 2.35 bits per heavy atom. The van der Waals surface area contributed by atoms with Gasteiger partial charge in [0.1, 0.15) is 6.07 Å². The third-order valence-electron chi connectivity index (χ3n) is 2.54. The van der Waals surface area contributed by atoms with Crippen molar-refractivity contribution in [3.05, 3.63) is 46.4 Å². The Hall–Kier alpha value is -1.86. The molecule has 2 aromatic rings. The van der Waals surface area contributed by atoms with E-state index >= 15 is 0 Å². The van der Waals surface area contributed by atoms with Crippen molar-refractivity contribution in [1.82, 2.24) is 4.98 Å². The summed E-state index contributed by atoms with van der Waals surface area (Å²) in [5.74, 6) is 0. The van der Waals surface area contributed by atoms with Crippen LogP contribution in [-0.2, 0) is 0 Å². The molecule has 2 rings (SSSR count).